The Bertz CT molecular complexity index is 412. The summed E-state index contributed by atoms with van der Waals surface area (Å²) in [4.78, 5) is 10.8. The van der Waals surface area contributed by atoms with Gasteiger partial charge in [0.05, 0.1) is 29.5 Å². The molecule has 5 heteroatoms. The van der Waals surface area contributed by atoms with Crippen molar-refractivity contribution in [1.82, 2.24) is 0 Å². The van der Waals surface area contributed by atoms with Crippen LogP contribution in [0.3, 0.4) is 0 Å². The molecule has 0 unspecified atom stereocenters. The lowest BCUT2D eigenvalue weighted by Gasteiger charge is -2.06. The number of methoxy groups -OCH3 is 1. The first-order valence-corrected chi connectivity index (χ1v) is 4.55. The van der Waals surface area contributed by atoms with Crippen LogP contribution < -0.4 is 5.32 Å². The highest BCUT2D eigenvalue weighted by Crippen LogP contribution is 2.22. The molecule has 0 atom stereocenters. The number of nitrogens with zero attached hydrogens (tertiary/aromatic N) is 1. The van der Waals surface area contributed by atoms with E-state index in [2.05, 4.69) is 10.1 Å². The summed E-state index contributed by atoms with van der Waals surface area (Å²) in [5, 5.41) is 11.8. The van der Waals surface area contributed by atoms with Crippen LogP contribution in [0.25, 0.3) is 0 Å². The fourth-order valence-electron chi connectivity index (χ4n) is 0.968. The van der Waals surface area contributed by atoms with Gasteiger partial charge in [-0.3, -0.25) is 4.79 Å². The molecule has 15 heavy (non-hydrogen) atoms. The molecule has 78 valence electrons. The predicted molar refractivity (Wildman–Crippen MR) is 56.7 cm³/mol. The minimum Gasteiger partial charge on any atom is -0.468 e. The van der Waals surface area contributed by atoms with Crippen LogP contribution in [0.15, 0.2) is 18.2 Å². The van der Waals surface area contributed by atoms with Crippen LogP contribution in [0.5, 0.6) is 0 Å². The van der Waals surface area contributed by atoms with Gasteiger partial charge in [0, 0.05) is 0 Å². The first kappa shape index (κ1) is 11.3. The van der Waals surface area contributed by atoms with Crippen LogP contribution in [0.4, 0.5) is 5.69 Å². The Morgan fingerprint density at radius 2 is 2.40 bits per heavy atom. The Hall–Kier alpha value is -1.73. The van der Waals surface area contributed by atoms with Crippen molar-refractivity contribution in [3.05, 3.63) is 28.8 Å². The molecule has 0 aromatic heterocycles. The molecule has 0 radical (unpaired) electrons. The van der Waals surface area contributed by atoms with Crippen molar-refractivity contribution in [2.45, 2.75) is 0 Å². The van der Waals surface area contributed by atoms with Gasteiger partial charge in [0.15, 0.2) is 0 Å². The smallest absolute Gasteiger partial charge is 0.325 e. The SMILES string of the molecule is COC(=O)CNc1ccc(C#N)cc1Cl. The fourth-order valence-corrected chi connectivity index (χ4v) is 1.21. The second-order valence-electron chi connectivity index (χ2n) is 2.74. The summed E-state index contributed by atoms with van der Waals surface area (Å²) in [6, 6.07) is 6.76. The largest absolute Gasteiger partial charge is 0.468 e. The molecule has 1 N–H and O–H groups in total. The lowest BCUT2D eigenvalue weighted by Crippen LogP contribution is -2.15. The van der Waals surface area contributed by atoms with Gasteiger partial charge >= 0.3 is 5.97 Å². The van der Waals surface area contributed by atoms with Crippen molar-refractivity contribution in [3.8, 4) is 6.07 Å². The predicted octanol–water partition coefficient (Wildman–Crippen LogP) is 1.80. The summed E-state index contributed by atoms with van der Waals surface area (Å²) >= 11 is 5.87. The van der Waals surface area contributed by atoms with Gasteiger partial charge in [0.1, 0.15) is 6.54 Å². The molecular weight excluding hydrogens is 216 g/mol. The van der Waals surface area contributed by atoms with E-state index in [-0.39, 0.29) is 12.5 Å². The van der Waals surface area contributed by atoms with Gasteiger partial charge in [-0.15, -0.1) is 0 Å². The zero-order valence-corrected chi connectivity index (χ0v) is 8.84. The Morgan fingerprint density at radius 1 is 1.67 bits per heavy atom. The van der Waals surface area contributed by atoms with E-state index in [4.69, 9.17) is 16.9 Å². The molecule has 0 aliphatic carbocycles. The third-order valence-corrected chi connectivity index (χ3v) is 2.06. The maximum absolute atomic E-state index is 10.8. The van der Waals surface area contributed by atoms with E-state index < -0.39 is 0 Å². The highest BCUT2D eigenvalue weighted by molar-refractivity contribution is 6.33. The maximum atomic E-state index is 10.8. The molecular formula is C10H9ClN2O2. The van der Waals surface area contributed by atoms with Gasteiger partial charge in [-0.2, -0.15) is 5.26 Å². The molecule has 0 spiro atoms. The van der Waals surface area contributed by atoms with Crippen molar-refractivity contribution in [1.29, 1.82) is 5.26 Å². The number of carbonyl (C=O) groups excluding carboxylic acids is 1. The van der Waals surface area contributed by atoms with Gasteiger partial charge in [-0.05, 0) is 18.2 Å². The first-order valence-electron chi connectivity index (χ1n) is 4.17. The molecule has 0 aliphatic heterocycles. The maximum Gasteiger partial charge on any atom is 0.325 e. The number of hydrogen-bond donors (Lipinski definition) is 1. The van der Waals surface area contributed by atoms with E-state index in [1.165, 1.54) is 13.2 Å². The summed E-state index contributed by atoms with van der Waals surface area (Å²) < 4.78 is 4.46. The molecule has 0 aliphatic rings. The number of hydrogen-bond acceptors (Lipinski definition) is 4. The van der Waals surface area contributed by atoms with E-state index >= 15 is 0 Å². The monoisotopic (exact) mass is 224 g/mol. The zero-order valence-electron chi connectivity index (χ0n) is 8.08. The second kappa shape index (κ2) is 5.23. The third kappa shape index (κ3) is 3.15. The lowest BCUT2D eigenvalue weighted by atomic mass is 10.2. The van der Waals surface area contributed by atoms with Gasteiger partial charge in [0.2, 0.25) is 0 Å². The second-order valence-corrected chi connectivity index (χ2v) is 3.14. The van der Waals surface area contributed by atoms with Crippen molar-refractivity contribution in [2.24, 2.45) is 0 Å². The van der Waals surface area contributed by atoms with Crippen LogP contribution >= 0.6 is 11.6 Å². The van der Waals surface area contributed by atoms with Crippen LogP contribution in [0, 0.1) is 11.3 Å². The average molecular weight is 225 g/mol. The Kier molecular flexibility index (Phi) is 3.95. The highest BCUT2D eigenvalue weighted by atomic mass is 35.5. The van der Waals surface area contributed by atoms with Crippen LogP contribution in [-0.2, 0) is 9.53 Å². The van der Waals surface area contributed by atoms with E-state index in [0.717, 1.165) is 0 Å². The van der Waals surface area contributed by atoms with Gasteiger partial charge in [0.25, 0.3) is 0 Å². The van der Waals surface area contributed by atoms with E-state index in [1.54, 1.807) is 12.1 Å². The minimum absolute atomic E-state index is 0.0438. The number of halogens is 1. The molecule has 1 rings (SSSR count). The average Bonchev–Trinajstić information content (AvgIpc) is 2.26. The molecule has 1 aromatic carbocycles. The quantitative estimate of drug-likeness (QED) is 0.796. The molecule has 0 saturated carbocycles. The summed E-state index contributed by atoms with van der Waals surface area (Å²) in [5.41, 5.74) is 1.07. The summed E-state index contributed by atoms with van der Waals surface area (Å²) in [7, 11) is 1.31. The van der Waals surface area contributed by atoms with Crippen LogP contribution in [0.2, 0.25) is 5.02 Å². The number of anilines is 1. The van der Waals surface area contributed by atoms with E-state index in [1.807, 2.05) is 6.07 Å². The standard InChI is InChI=1S/C10H9ClN2O2/c1-15-10(14)6-13-9-3-2-7(5-12)4-8(9)11/h2-4,13H,6H2,1H3. The van der Waals surface area contributed by atoms with Gasteiger partial charge in [-0.1, -0.05) is 11.6 Å². The Balaban J connectivity index is 2.71. The zero-order chi connectivity index (χ0) is 11.3. The van der Waals surface area contributed by atoms with Crippen LogP contribution in [0.1, 0.15) is 5.56 Å². The molecule has 1 aromatic rings. The molecule has 0 fully saturated rings. The summed E-state index contributed by atoms with van der Waals surface area (Å²) in [6.07, 6.45) is 0. The van der Waals surface area contributed by atoms with Crippen molar-refractivity contribution in [2.75, 3.05) is 19.0 Å². The number of benzene rings is 1. The van der Waals surface area contributed by atoms with E-state index in [9.17, 15) is 4.79 Å². The highest BCUT2D eigenvalue weighted by Gasteiger charge is 2.04. The topological polar surface area (TPSA) is 62.1 Å². The number of nitrogens with one attached hydrogen (secondary N) is 1. The number of nitriles is 1. The van der Waals surface area contributed by atoms with Crippen LogP contribution in [-0.4, -0.2) is 19.6 Å². The molecule has 0 heterocycles. The minimum atomic E-state index is -0.379. The number of carbonyl (C=O) groups is 1. The van der Waals surface area contributed by atoms with Crippen molar-refractivity contribution in [3.63, 3.8) is 0 Å². The lowest BCUT2D eigenvalue weighted by molar-refractivity contribution is -0.138. The van der Waals surface area contributed by atoms with Crippen molar-refractivity contribution >= 4 is 23.3 Å². The summed E-state index contributed by atoms with van der Waals surface area (Å²) in [5.74, 6) is -0.379. The summed E-state index contributed by atoms with van der Waals surface area (Å²) in [6.45, 7) is 0.0438. The van der Waals surface area contributed by atoms with Gasteiger partial charge in [-0.25, -0.2) is 0 Å². The van der Waals surface area contributed by atoms with Crippen molar-refractivity contribution < 1.29 is 9.53 Å². The Labute approximate surface area is 92.4 Å². The normalized spacial score (nSPS) is 9.13. The fraction of sp³-hybridized carbons (Fsp3) is 0.200. The van der Waals surface area contributed by atoms with Gasteiger partial charge < -0.3 is 10.1 Å². The van der Waals surface area contributed by atoms with E-state index in [0.29, 0.717) is 16.3 Å². The molecule has 0 saturated heterocycles. The number of ether oxygens (including phenoxy) is 1. The molecule has 0 bridgehead atoms. The molecule has 0 amide bonds. The first-order chi connectivity index (χ1) is 7.17. The Morgan fingerprint density at radius 3 is 2.93 bits per heavy atom. The molecule has 4 nitrogen and oxygen atoms in total. The number of rotatable bonds is 3. The number of esters is 1. The third-order valence-electron chi connectivity index (χ3n) is 1.75.